The standard InChI is InChI=1S/C26H28N2O6/c1-6-28-23-11-9-18(14-22(25(30)32-7-2)26(31)33-8-3)13-20(23)21-15-19(10-12-24(21)28)16(4)27-34-17(5)29/h9-15H,6-8H2,1-5H3/b27-16+. The van der Waals surface area contributed by atoms with E-state index in [1.54, 1.807) is 20.8 Å². The molecule has 0 spiro atoms. The van der Waals surface area contributed by atoms with E-state index in [0.717, 1.165) is 33.9 Å². The summed E-state index contributed by atoms with van der Waals surface area (Å²) in [6, 6.07) is 11.6. The summed E-state index contributed by atoms with van der Waals surface area (Å²) in [6.45, 7) is 9.53. The Morgan fingerprint density at radius 1 is 0.882 bits per heavy atom. The molecule has 2 aromatic carbocycles. The van der Waals surface area contributed by atoms with Crippen molar-refractivity contribution < 1.29 is 28.7 Å². The first kappa shape index (κ1) is 24.7. The van der Waals surface area contributed by atoms with Crippen LogP contribution in [0.2, 0.25) is 0 Å². The predicted octanol–water partition coefficient (Wildman–Crippen LogP) is 4.61. The van der Waals surface area contributed by atoms with Gasteiger partial charge in [-0.15, -0.1) is 0 Å². The summed E-state index contributed by atoms with van der Waals surface area (Å²) >= 11 is 0. The highest BCUT2D eigenvalue weighted by Crippen LogP contribution is 2.31. The predicted molar refractivity (Wildman–Crippen MR) is 130 cm³/mol. The van der Waals surface area contributed by atoms with Crippen LogP contribution in [0.25, 0.3) is 27.9 Å². The van der Waals surface area contributed by atoms with E-state index < -0.39 is 17.9 Å². The molecule has 0 aliphatic heterocycles. The smallest absolute Gasteiger partial charge is 0.345 e. The number of ether oxygens (including phenoxy) is 2. The zero-order valence-electron chi connectivity index (χ0n) is 20.0. The monoisotopic (exact) mass is 464 g/mol. The van der Waals surface area contributed by atoms with Gasteiger partial charge in [-0.2, -0.15) is 0 Å². The van der Waals surface area contributed by atoms with Crippen molar-refractivity contribution in [2.24, 2.45) is 5.16 Å². The number of hydrogen-bond acceptors (Lipinski definition) is 7. The number of aryl methyl sites for hydroxylation is 1. The van der Waals surface area contributed by atoms with Gasteiger partial charge in [-0.1, -0.05) is 17.3 Å². The number of esters is 2. The highest BCUT2D eigenvalue weighted by molar-refractivity contribution is 6.18. The normalized spacial score (nSPS) is 11.4. The quantitative estimate of drug-likeness (QED) is 0.0919. The van der Waals surface area contributed by atoms with Crippen LogP contribution in [0, 0.1) is 0 Å². The molecular weight excluding hydrogens is 436 g/mol. The molecule has 0 aliphatic rings. The summed E-state index contributed by atoms with van der Waals surface area (Å²) in [5.41, 5.74) is 3.91. The maximum Gasteiger partial charge on any atom is 0.345 e. The Kier molecular flexibility index (Phi) is 7.83. The van der Waals surface area contributed by atoms with Crippen molar-refractivity contribution in [1.29, 1.82) is 0 Å². The summed E-state index contributed by atoms with van der Waals surface area (Å²) in [6.07, 6.45) is 1.49. The van der Waals surface area contributed by atoms with Crippen molar-refractivity contribution in [3.63, 3.8) is 0 Å². The molecule has 8 nitrogen and oxygen atoms in total. The lowest BCUT2D eigenvalue weighted by Gasteiger charge is -2.07. The Balaban J connectivity index is 2.18. The van der Waals surface area contributed by atoms with Gasteiger partial charge in [0, 0.05) is 35.3 Å². The molecule has 1 aromatic heterocycles. The zero-order chi connectivity index (χ0) is 24.8. The van der Waals surface area contributed by atoms with Gasteiger partial charge < -0.3 is 18.9 Å². The topological polar surface area (TPSA) is 96.2 Å². The number of carbonyl (C=O) groups excluding carboxylic acids is 3. The first-order valence-electron chi connectivity index (χ1n) is 11.1. The number of hydrogen-bond donors (Lipinski definition) is 0. The van der Waals surface area contributed by atoms with Crippen LogP contribution >= 0.6 is 0 Å². The molecule has 3 rings (SSSR count). The van der Waals surface area contributed by atoms with E-state index in [2.05, 4.69) is 16.6 Å². The highest BCUT2D eigenvalue weighted by atomic mass is 16.7. The fourth-order valence-electron chi connectivity index (χ4n) is 3.75. The molecule has 0 saturated heterocycles. The minimum atomic E-state index is -0.725. The molecular formula is C26H28N2O6. The number of nitrogens with zero attached hydrogens (tertiary/aromatic N) is 2. The number of oxime groups is 1. The number of rotatable bonds is 8. The first-order chi connectivity index (χ1) is 16.3. The maximum absolute atomic E-state index is 12.4. The van der Waals surface area contributed by atoms with E-state index in [1.807, 2.05) is 36.4 Å². The van der Waals surface area contributed by atoms with E-state index in [0.29, 0.717) is 11.3 Å². The summed E-state index contributed by atoms with van der Waals surface area (Å²) < 4.78 is 12.3. The van der Waals surface area contributed by atoms with Gasteiger partial charge in [0.1, 0.15) is 5.57 Å². The molecule has 3 aromatic rings. The lowest BCUT2D eigenvalue weighted by Crippen LogP contribution is -2.18. The van der Waals surface area contributed by atoms with Crippen LogP contribution in [0.1, 0.15) is 45.7 Å². The largest absolute Gasteiger partial charge is 0.462 e. The van der Waals surface area contributed by atoms with Crippen LogP contribution in [-0.2, 0) is 35.2 Å². The molecule has 178 valence electrons. The van der Waals surface area contributed by atoms with Crippen LogP contribution in [0.5, 0.6) is 0 Å². The second kappa shape index (κ2) is 10.8. The fraction of sp³-hybridized carbons (Fsp3) is 0.308. The molecule has 0 N–H and O–H groups in total. The maximum atomic E-state index is 12.4. The van der Waals surface area contributed by atoms with Gasteiger partial charge in [-0.25, -0.2) is 14.4 Å². The minimum absolute atomic E-state index is 0.148. The van der Waals surface area contributed by atoms with Crippen LogP contribution < -0.4 is 0 Å². The lowest BCUT2D eigenvalue weighted by molar-refractivity contribution is -0.146. The van der Waals surface area contributed by atoms with E-state index in [9.17, 15) is 14.4 Å². The fourth-order valence-corrected chi connectivity index (χ4v) is 3.75. The minimum Gasteiger partial charge on any atom is -0.462 e. The Morgan fingerprint density at radius 2 is 1.47 bits per heavy atom. The van der Waals surface area contributed by atoms with Crippen molar-refractivity contribution in [1.82, 2.24) is 4.57 Å². The Bertz CT molecular complexity index is 1300. The van der Waals surface area contributed by atoms with Crippen molar-refractivity contribution >= 4 is 51.5 Å². The molecule has 0 amide bonds. The van der Waals surface area contributed by atoms with Gasteiger partial charge in [0.15, 0.2) is 0 Å². The van der Waals surface area contributed by atoms with Gasteiger partial charge in [-0.3, -0.25) is 0 Å². The number of carbonyl (C=O) groups is 3. The third kappa shape index (κ3) is 5.17. The molecule has 0 fully saturated rings. The van der Waals surface area contributed by atoms with E-state index in [1.165, 1.54) is 13.0 Å². The van der Waals surface area contributed by atoms with E-state index >= 15 is 0 Å². The first-order valence-corrected chi connectivity index (χ1v) is 11.1. The van der Waals surface area contributed by atoms with Crippen molar-refractivity contribution in [2.75, 3.05) is 13.2 Å². The zero-order valence-corrected chi connectivity index (χ0v) is 20.0. The van der Waals surface area contributed by atoms with Crippen molar-refractivity contribution in [3.05, 3.63) is 53.1 Å². The van der Waals surface area contributed by atoms with Gasteiger partial charge in [0.05, 0.1) is 18.9 Å². The average Bonchev–Trinajstić information content (AvgIpc) is 3.13. The third-order valence-electron chi connectivity index (χ3n) is 5.24. The highest BCUT2D eigenvalue weighted by Gasteiger charge is 2.21. The average molecular weight is 465 g/mol. The van der Waals surface area contributed by atoms with Crippen LogP contribution in [0.4, 0.5) is 0 Å². The number of aromatic nitrogens is 1. The number of fused-ring (bicyclic) bond motifs is 3. The molecule has 0 atom stereocenters. The van der Waals surface area contributed by atoms with Crippen LogP contribution in [-0.4, -0.2) is 41.4 Å². The van der Waals surface area contributed by atoms with Crippen LogP contribution in [0.15, 0.2) is 47.1 Å². The van der Waals surface area contributed by atoms with Gasteiger partial charge in [-0.05, 0) is 69.2 Å². The molecule has 0 aliphatic carbocycles. The molecule has 0 bridgehead atoms. The Hall–Kier alpha value is -3.94. The second-order valence-electron chi connectivity index (χ2n) is 7.51. The second-order valence-corrected chi connectivity index (χ2v) is 7.51. The summed E-state index contributed by atoms with van der Waals surface area (Å²) in [5.74, 6) is -1.94. The van der Waals surface area contributed by atoms with E-state index in [4.69, 9.17) is 14.3 Å². The molecule has 1 heterocycles. The van der Waals surface area contributed by atoms with Crippen molar-refractivity contribution in [2.45, 2.75) is 41.2 Å². The lowest BCUT2D eigenvalue weighted by atomic mass is 10.0. The summed E-state index contributed by atoms with van der Waals surface area (Å²) in [7, 11) is 0. The van der Waals surface area contributed by atoms with Gasteiger partial charge >= 0.3 is 17.9 Å². The molecule has 0 unspecified atom stereocenters. The summed E-state index contributed by atoms with van der Waals surface area (Å²) in [4.78, 5) is 40.6. The van der Waals surface area contributed by atoms with Gasteiger partial charge in [0.25, 0.3) is 0 Å². The number of benzene rings is 2. The third-order valence-corrected chi connectivity index (χ3v) is 5.24. The molecule has 0 saturated carbocycles. The Morgan fingerprint density at radius 3 is 2.03 bits per heavy atom. The molecule has 0 radical (unpaired) electrons. The van der Waals surface area contributed by atoms with Crippen LogP contribution in [0.3, 0.4) is 0 Å². The van der Waals surface area contributed by atoms with Crippen molar-refractivity contribution in [3.8, 4) is 0 Å². The molecule has 34 heavy (non-hydrogen) atoms. The SMILES string of the molecule is CCOC(=O)C(=Cc1ccc2c(c1)c1cc(/C(C)=N/OC(C)=O)ccc1n2CC)C(=O)OCC. The van der Waals surface area contributed by atoms with Gasteiger partial charge in [0.2, 0.25) is 0 Å². The Labute approximate surface area is 197 Å². The van der Waals surface area contributed by atoms with E-state index in [-0.39, 0.29) is 18.8 Å². The summed E-state index contributed by atoms with van der Waals surface area (Å²) in [5, 5.41) is 5.80. The molecule has 8 heteroatoms.